The van der Waals surface area contributed by atoms with Gasteiger partial charge < -0.3 is 10.6 Å². The minimum Gasteiger partial charge on any atom is -0.370 e. The highest BCUT2D eigenvalue weighted by Crippen LogP contribution is 2.28. The van der Waals surface area contributed by atoms with E-state index < -0.39 is 0 Å². The zero-order valence-electron chi connectivity index (χ0n) is 11.8. The first-order valence-corrected chi connectivity index (χ1v) is 7.08. The highest BCUT2D eigenvalue weighted by Gasteiger charge is 2.25. The summed E-state index contributed by atoms with van der Waals surface area (Å²) in [7, 11) is 0. The first-order chi connectivity index (χ1) is 8.61. The van der Waals surface area contributed by atoms with Crippen LogP contribution in [-0.2, 0) is 0 Å². The van der Waals surface area contributed by atoms with Gasteiger partial charge >= 0.3 is 0 Å². The predicted octanol–water partition coefficient (Wildman–Crippen LogP) is 2.97. The average Bonchev–Trinajstić information content (AvgIpc) is 2.88. The van der Waals surface area contributed by atoms with E-state index in [1.165, 1.54) is 18.7 Å². The summed E-state index contributed by atoms with van der Waals surface area (Å²) in [6.45, 7) is 9.04. The van der Waals surface area contributed by atoms with Crippen molar-refractivity contribution >= 4 is 5.69 Å². The van der Waals surface area contributed by atoms with E-state index in [2.05, 4.69) is 42.8 Å². The molecule has 2 rings (SSSR count). The maximum absolute atomic E-state index is 5.98. The van der Waals surface area contributed by atoms with Crippen molar-refractivity contribution in [3.05, 3.63) is 24.0 Å². The summed E-state index contributed by atoms with van der Waals surface area (Å²) in [6.07, 6.45) is 4.22. The van der Waals surface area contributed by atoms with E-state index >= 15 is 0 Å². The summed E-state index contributed by atoms with van der Waals surface area (Å²) in [5.41, 5.74) is 8.23. The summed E-state index contributed by atoms with van der Waals surface area (Å²) in [6, 6.07) is 4.31. The Labute approximate surface area is 110 Å². The third-order valence-corrected chi connectivity index (χ3v) is 4.12. The van der Waals surface area contributed by atoms with Crippen LogP contribution in [-0.4, -0.2) is 18.1 Å². The molecule has 0 spiro atoms. The summed E-state index contributed by atoms with van der Waals surface area (Å²) in [5.74, 6) is 1.60. The minimum absolute atomic E-state index is 0.0704. The number of aromatic nitrogens is 1. The van der Waals surface area contributed by atoms with Gasteiger partial charge in [0.25, 0.3) is 0 Å². The van der Waals surface area contributed by atoms with E-state index in [1.807, 2.05) is 6.20 Å². The van der Waals surface area contributed by atoms with E-state index in [0.29, 0.717) is 0 Å². The number of hydrogen-bond acceptors (Lipinski definition) is 3. The fraction of sp³-hybridized carbons (Fsp3) is 0.667. The highest BCUT2D eigenvalue weighted by atomic mass is 15.2. The van der Waals surface area contributed by atoms with E-state index in [9.17, 15) is 0 Å². The van der Waals surface area contributed by atoms with Crippen LogP contribution in [0, 0.1) is 11.8 Å². The van der Waals surface area contributed by atoms with Gasteiger partial charge in [-0.05, 0) is 36.8 Å². The van der Waals surface area contributed by atoms with Crippen LogP contribution < -0.4 is 10.6 Å². The average molecular weight is 247 g/mol. The van der Waals surface area contributed by atoms with Gasteiger partial charge in [0.2, 0.25) is 0 Å². The molecule has 2 N–H and O–H groups in total. The Kier molecular flexibility index (Phi) is 4.23. The molecule has 100 valence electrons. The van der Waals surface area contributed by atoms with Crippen molar-refractivity contribution in [2.45, 2.75) is 39.7 Å². The lowest BCUT2D eigenvalue weighted by molar-refractivity contribution is 0.423. The van der Waals surface area contributed by atoms with Crippen molar-refractivity contribution in [1.29, 1.82) is 0 Å². The lowest BCUT2D eigenvalue weighted by Crippen LogP contribution is -2.21. The van der Waals surface area contributed by atoms with Gasteiger partial charge in [0.1, 0.15) is 0 Å². The molecule has 0 saturated carbocycles. The Hall–Kier alpha value is -1.09. The van der Waals surface area contributed by atoms with E-state index in [0.717, 1.165) is 30.5 Å². The Balaban J connectivity index is 2.02. The fourth-order valence-corrected chi connectivity index (χ4v) is 2.58. The van der Waals surface area contributed by atoms with Crippen molar-refractivity contribution in [3.63, 3.8) is 0 Å². The molecule has 0 radical (unpaired) electrons. The number of hydrogen-bond donors (Lipinski definition) is 1. The van der Waals surface area contributed by atoms with Crippen molar-refractivity contribution in [2.75, 3.05) is 18.0 Å². The van der Waals surface area contributed by atoms with Crippen LogP contribution in [0.3, 0.4) is 0 Å². The predicted molar refractivity (Wildman–Crippen MR) is 76.6 cm³/mol. The number of rotatable bonds is 4. The van der Waals surface area contributed by atoms with E-state index in [-0.39, 0.29) is 6.04 Å². The molecule has 3 heteroatoms. The lowest BCUT2D eigenvalue weighted by atomic mass is 9.95. The molecule has 0 aliphatic carbocycles. The van der Waals surface area contributed by atoms with Crippen LogP contribution in [0.2, 0.25) is 0 Å². The largest absolute Gasteiger partial charge is 0.370 e. The molecule has 1 fully saturated rings. The quantitative estimate of drug-likeness (QED) is 0.889. The van der Waals surface area contributed by atoms with Crippen LogP contribution in [0.5, 0.6) is 0 Å². The molecule has 3 nitrogen and oxygen atoms in total. The van der Waals surface area contributed by atoms with E-state index in [4.69, 9.17) is 5.73 Å². The molecule has 2 atom stereocenters. The molecule has 1 aliphatic rings. The third kappa shape index (κ3) is 2.83. The number of anilines is 1. The second-order valence-corrected chi connectivity index (χ2v) is 5.69. The number of nitrogens with zero attached hydrogens (tertiary/aromatic N) is 2. The Morgan fingerprint density at radius 1 is 1.44 bits per heavy atom. The minimum atomic E-state index is 0.0704. The maximum atomic E-state index is 5.98. The van der Waals surface area contributed by atoms with Crippen molar-refractivity contribution in [1.82, 2.24) is 4.98 Å². The van der Waals surface area contributed by atoms with Crippen molar-refractivity contribution < 1.29 is 0 Å². The standard InChI is InChI=1S/C15H25N3/c1-4-14(16)15-6-5-13(9-17-15)18-8-7-12(10-18)11(2)3/h5-6,9,11-12,14H,4,7-8,10,16H2,1-3H3. The molecular weight excluding hydrogens is 222 g/mol. The molecule has 18 heavy (non-hydrogen) atoms. The lowest BCUT2D eigenvalue weighted by Gasteiger charge is -2.20. The van der Waals surface area contributed by atoms with Crippen LogP contribution in [0.15, 0.2) is 18.3 Å². The van der Waals surface area contributed by atoms with Crippen LogP contribution in [0.1, 0.15) is 45.3 Å². The molecule has 2 heterocycles. The second-order valence-electron chi connectivity index (χ2n) is 5.69. The third-order valence-electron chi connectivity index (χ3n) is 4.12. The molecule has 1 aromatic heterocycles. The SMILES string of the molecule is CCC(N)c1ccc(N2CCC(C(C)C)C2)cn1. The molecule has 1 aliphatic heterocycles. The van der Waals surface area contributed by atoms with Gasteiger partial charge in [-0.3, -0.25) is 4.98 Å². The van der Waals surface area contributed by atoms with Gasteiger partial charge in [-0.25, -0.2) is 0 Å². The van der Waals surface area contributed by atoms with Crippen LogP contribution in [0.4, 0.5) is 5.69 Å². The maximum Gasteiger partial charge on any atom is 0.0572 e. The monoisotopic (exact) mass is 247 g/mol. The van der Waals surface area contributed by atoms with Gasteiger partial charge in [-0.2, -0.15) is 0 Å². The Morgan fingerprint density at radius 2 is 2.22 bits per heavy atom. The molecule has 2 unspecified atom stereocenters. The highest BCUT2D eigenvalue weighted by molar-refractivity contribution is 5.45. The van der Waals surface area contributed by atoms with Crippen molar-refractivity contribution in [3.8, 4) is 0 Å². The zero-order chi connectivity index (χ0) is 13.1. The Morgan fingerprint density at radius 3 is 2.72 bits per heavy atom. The number of nitrogens with two attached hydrogens (primary N) is 1. The molecule has 1 aromatic rings. The zero-order valence-corrected chi connectivity index (χ0v) is 11.8. The molecule has 0 bridgehead atoms. The van der Waals surface area contributed by atoms with Crippen LogP contribution >= 0.6 is 0 Å². The smallest absolute Gasteiger partial charge is 0.0572 e. The van der Waals surface area contributed by atoms with Gasteiger partial charge in [0, 0.05) is 19.1 Å². The van der Waals surface area contributed by atoms with Gasteiger partial charge in [-0.15, -0.1) is 0 Å². The summed E-state index contributed by atoms with van der Waals surface area (Å²) in [5, 5.41) is 0. The number of pyridine rings is 1. The van der Waals surface area contributed by atoms with Gasteiger partial charge in [0.15, 0.2) is 0 Å². The van der Waals surface area contributed by atoms with Gasteiger partial charge in [-0.1, -0.05) is 20.8 Å². The fourth-order valence-electron chi connectivity index (χ4n) is 2.58. The molecule has 0 aromatic carbocycles. The molecule has 0 amide bonds. The van der Waals surface area contributed by atoms with Crippen molar-refractivity contribution in [2.24, 2.45) is 17.6 Å². The first-order valence-electron chi connectivity index (χ1n) is 7.08. The normalized spacial score (nSPS) is 21.6. The Bertz CT molecular complexity index is 372. The summed E-state index contributed by atoms with van der Waals surface area (Å²) < 4.78 is 0. The summed E-state index contributed by atoms with van der Waals surface area (Å²) >= 11 is 0. The first kappa shape index (κ1) is 13.3. The van der Waals surface area contributed by atoms with E-state index in [1.54, 1.807) is 0 Å². The molecular formula is C15H25N3. The summed E-state index contributed by atoms with van der Waals surface area (Å²) in [4.78, 5) is 6.94. The van der Waals surface area contributed by atoms with Crippen LogP contribution in [0.25, 0.3) is 0 Å². The van der Waals surface area contributed by atoms with Gasteiger partial charge in [0.05, 0.1) is 17.6 Å². The second kappa shape index (κ2) is 5.70. The topological polar surface area (TPSA) is 42.1 Å². The molecule has 1 saturated heterocycles.